The summed E-state index contributed by atoms with van der Waals surface area (Å²) < 4.78 is 16.2. The zero-order chi connectivity index (χ0) is 20.2. The van der Waals surface area contributed by atoms with Gasteiger partial charge in [-0.25, -0.2) is 9.97 Å². The monoisotopic (exact) mass is 392 g/mol. The molecule has 0 unspecified atom stereocenters. The predicted octanol–water partition coefficient (Wildman–Crippen LogP) is 3.56. The summed E-state index contributed by atoms with van der Waals surface area (Å²) in [5.41, 5.74) is 2.31. The molecule has 0 saturated heterocycles. The van der Waals surface area contributed by atoms with Gasteiger partial charge in [-0.15, -0.1) is 0 Å². The second-order valence-corrected chi connectivity index (χ2v) is 6.38. The van der Waals surface area contributed by atoms with Crippen LogP contribution in [-0.4, -0.2) is 36.2 Å². The summed E-state index contributed by atoms with van der Waals surface area (Å²) in [5, 5.41) is 5.93. The van der Waals surface area contributed by atoms with E-state index in [1.165, 1.54) is 0 Å². The molecule has 1 aliphatic rings. The Morgan fingerprint density at radius 3 is 2.45 bits per heavy atom. The molecule has 2 heterocycles. The second-order valence-electron chi connectivity index (χ2n) is 6.38. The first kappa shape index (κ1) is 18.5. The van der Waals surface area contributed by atoms with Gasteiger partial charge in [0.15, 0.2) is 11.5 Å². The van der Waals surface area contributed by atoms with Gasteiger partial charge in [-0.2, -0.15) is 0 Å². The van der Waals surface area contributed by atoms with Gasteiger partial charge in [0.2, 0.25) is 5.95 Å². The van der Waals surface area contributed by atoms with E-state index in [1.54, 1.807) is 44.4 Å². The third kappa shape index (κ3) is 4.37. The molecule has 0 aliphatic carbocycles. The van der Waals surface area contributed by atoms with Gasteiger partial charge in [-0.3, -0.25) is 4.79 Å². The molecule has 8 heteroatoms. The number of aryl methyl sites for hydroxylation is 1. The highest BCUT2D eigenvalue weighted by Gasteiger charge is 2.14. The minimum atomic E-state index is -0.328. The Balaban J connectivity index is 1.51. The van der Waals surface area contributed by atoms with Crippen LogP contribution in [0.25, 0.3) is 0 Å². The van der Waals surface area contributed by atoms with E-state index < -0.39 is 0 Å². The number of nitrogens with zero attached hydrogens (tertiary/aromatic N) is 2. The number of hydrogen-bond acceptors (Lipinski definition) is 7. The van der Waals surface area contributed by atoms with Crippen molar-refractivity contribution in [2.75, 3.05) is 31.0 Å². The Labute approximate surface area is 167 Å². The van der Waals surface area contributed by atoms with Crippen molar-refractivity contribution in [3.05, 3.63) is 59.9 Å². The summed E-state index contributed by atoms with van der Waals surface area (Å²) in [6.07, 6.45) is 0. The quantitative estimate of drug-likeness (QED) is 0.685. The molecule has 0 radical (unpaired) electrons. The van der Waals surface area contributed by atoms with Crippen molar-refractivity contribution >= 4 is 23.2 Å². The number of nitrogens with one attached hydrogen (secondary N) is 2. The fourth-order valence-corrected chi connectivity index (χ4v) is 2.86. The average Bonchev–Trinajstić information content (AvgIpc) is 2.74. The van der Waals surface area contributed by atoms with E-state index in [0.717, 1.165) is 5.69 Å². The van der Waals surface area contributed by atoms with Crippen LogP contribution in [0.15, 0.2) is 48.5 Å². The zero-order valence-corrected chi connectivity index (χ0v) is 16.1. The van der Waals surface area contributed by atoms with Crippen molar-refractivity contribution in [3.63, 3.8) is 0 Å². The summed E-state index contributed by atoms with van der Waals surface area (Å²) in [5.74, 6) is 2.07. The van der Waals surface area contributed by atoms with Crippen LogP contribution in [0.3, 0.4) is 0 Å². The highest BCUT2D eigenvalue weighted by Crippen LogP contribution is 2.33. The first-order valence-electron chi connectivity index (χ1n) is 9.08. The lowest BCUT2D eigenvalue weighted by Crippen LogP contribution is -2.16. The highest BCUT2D eigenvalue weighted by molar-refractivity contribution is 6.03. The van der Waals surface area contributed by atoms with Crippen molar-refractivity contribution in [2.24, 2.45) is 0 Å². The van der Waals surface area contributed by atoms with Crippen molar-refractivity contribution < 1.29 is 19.0 Å². The lowest BCUT2D eigenvalue weighted by atomic mass is 10.2. The van der Waals surface area contributed by atoms with Gasteiger partial charge in [0.1, 0.15) is 24.7 Å². The number of hydrogen-bond donors (Lipinski definition) is 2. The Morgan fingerprint density at radius 1 is 0.966 bits per heavy atom. The number of benzene rings is 2. The molecule has 8 nitrogen and oxygen atoms in total. The molecule has 0 saturated carbocycles. The molecule has 0 bridgehead atoms. The molecule has 1 aromatic heterocycles. The minimum Gasteiger partial charge on any atom is -0.497 e. The SMILES string of the molecule is COc1ccc(NC(=O)c2cc(C)nc(Nc3ccc4c(c3)OCCO4)n2)cc1. The van der Waals surface area contributed by atoms with Crippen molar-refractivity contribution in [1.82, 2.24) is 9.97 Å². The van der Waals surface area contributed by atoms with Crippen molar-refractivity contribution in [3.8, 4) is 17.2 Å². The van der Waals surface area contributed by atoms with Gasteiger partial charge in [0, 0.05) is 23.1 Å². The predicted molar refractivity (Wildman–Crippen MR) is 108 cm³/mol. The summed E-state index contributed by atoms with van der Waals surface area (Å²) in [4.78, 5) is 21.3. The number of rotatable bonds is 5. The largest absolute Gasteiger partial charge is 0.497 e. The summed E-state index contributed by atoms with van der Waals surface area (Å²) in [6.45, 7) is 2.85. The number of carbonyl (C=O) groups is 1. The number of carbonyl (C=O) groups excluding carboxylic acids is 1. The molecule has 148 valence electrons. The fourth-order valence-electron chi connectivity index (χ4n) is 2.86. The smallest absolute Gasteiger partial charge is 0.274 e. The summed E-state index contributed by atoms with van der Waals surface area (Å²) in [7, 11) is 1.59. The van der Waals surface area contributed by atoms with E-state index in [0.29, 0.717) is 47.8 Å². The number of ether oxygens (including phenoxy) is 3. The third-order valence-corrected chi connectivity index (χ3v) is 4.23. The maximum atomic E-state index is 12.6. The number of aromatic nitrogens is 2. The Kier molecular flexibility index (Phi) is 5.15. The minimum absolute atomic E-state index is 0.258. The lowest BCUT2D eigenvalue weighted by Gasteiger charge is -2.19. The van der Waals surface area contributed by atoms with Gasteiger partial charge in [0.25, 0.3) is 5.91 Å². The van der Waals surface area contributed by atoms with Crippen LogP contribution in [-0.2, 0) is 0 Å². The van der Waals surface area contributed by atoms with Gasteiger partial charge < -0.3 is 24.8 Å². The Bertz CT molecular complexity index is 1040. The van der Waals surface area contributed by atoms with E-state index >= 15 is 0 Å². The number of anilines is 3. The molecule has 1 amide bonds. The molecule has 1 aliphatic heterocycles. The van der Waals surface area contributed by atoms with E-state index in [-0.39, 0.29) is 11.6 Å². The highest BCUT2D eigenvalue weighted by atomic mass is 16.6. The molecule has 4 rings (SSSR count). The molecular formula is C21H20N4O4. The summed E-state index contributed by atoms with van der Waals surface area (Å²) >= 11 is 0. The van der Waals surface area contributed by atoms with Crippen LogP contribution >= 0.6 is 0 Å². The molecule has 3 aromatic rings. The average molecular weight is 392 g/mol. The van der Waals surface area contributed by atoms with Crippen LogP contribution in [0.5, 0.6) is 17.2 Å². The van der Waals surface area contributed by atoms with Crippen LogP contribution in [0, 0.1) is 6.92 Å². The van der Waals surface area contributed by atoms with Crippen molar-refractivity contribution in [1.29, 1.82) is 0 Å². The number of fused-ring (bicyclic) bond motifs is 1. The third-order valence-electron chi connectivity index (χ3n) is 4.23. The van der Waals surface area contributed by atoms with Gasteiger partial charge in [-0.05, 0) is 49.4 Å². The maximum absolute atomic E-state index is 12.6. The lowest BCUT2D eigenvalue weighted by molar-refractivity contribution is 0.102. The normalized spacial score (nSPS) is 12.2. The first-order chi connectivity index (χ1) is 14.1. The standard InChI is InChI=1S/C21H20N4O4/c1-13-11-17(20(26)23-14-3-6-16(27-2)7-4-14)25-21(22-13)24-15-5-8-18-19(12-15)29-10-9-28-18/h3-8,11-12H,9-10H2,1-2H3,(H,23,26)(H,22,24,25). The van der Waals surface area contributed by atoms with Crippen LogP contribution in [0.2, 0.25) is 0 Å². The molecule has 0 fully saturated rings. The molecule has 29 heavy (non-hydrogen) atoms. The molecule has 0 atom stereocenters. The van der Waals surface area contributed by atoms with E-state index in [2.05, 4.69) is 20.6 Å². The van der Waals surface area contributed by atoms with Crippen LogP contribution < -0.4 is 24.8 Å². The molecule has 0 spiro atoms. The fraction of sp³-hybridized carbons (Fsp3) is 0.190. The van der Waals surface area contributed by atoms with Gasteiger partial charge in [0.05, 0.1) is 7.11 Å². The second kappa shape index (κ2) is 8.05. The van der Waals surface area contributed by atoms with Gasteiger partial charge >= 0.3 is 0 Å². The first-order valence-corrected chi connectivity index (χ1v) is 9.08. The summed E-state index contributed by atoms with van der Waals surface area (Å²) in [6, 6.07) is 14.2. The van der Waals surface area contributed by atoms with Crippen LogP contribution in [0.1, 0.15) is 16.2 Å². The van der Waals surface area contributed by atoms with E-state index in [9.17, 15) is 4.79 Å². The number of amides is 1. The Hall–Kier alpha value is -3.81. The molecule has 2 N–H and O–H groups in total. The zero-order valence-electron chi connectivity index (χ0n) is 16.1. The van der Waals surface area contributed by atoms with Gasteiger partial charge in [-0.1, -0.05) is 0 Å². The molecular weight excluding hydrogens is 372 g/mol. The maximum Gasteiger partial charge on any atom is 0.274 e. The van der Waals surface area contributed by atoms with Crippen LogP contribution in [0.4, 0.5) is 17.3 Å². The number of methoxy groups -OCH3 is 1. The van der Waals surface area contributed by atoms with Crippen molar-refractivity contribution in [2.45, 2.75) is 6.92 Å². The molecule has 2 aromatic carbocycles. The topological polar surface area (TPSA) is 94.6 Å². The Morgan fingerprint density at radius 2 is 1.69 bits per heavy atom. The van der Waals surface area contributed by atoms with E-state index in [1.807, 2.05) is 18.2 Å². The van der Waals surface area contributed by atoms with E-state index in [4.69, 9.17) is 14.2 Å².